The summed E-state index contributed by atoms with van der Waals surface area (Å²) in [6.45, 7) is 4.03. The lowest BCUT2D eigenvalue weighted by molar-refractivity contribution is 0.397. The van der Waals surface area contributed by atoms with Crippen LogP contribution in [0.1, 0.15) is 12.6 Å². The summed E-state index contributed by atoms with van der Waals surface area (Å²) < 4.78 is 5.08. The van der Waals surface area contributed by atoms with E-state index >= 15 is 0 Å². The molecule has 0 aliphatic carbocycles. The number of nitrogens with one attached hydrogen (secondary N) is 1. The van der Waals surface area contributed by atoms with E-state index in [1.165, 1.54) is 0 Å². The topological polar surface area (TPSA) is 47.0 Å². The van der Waals surface area contributed by atoms with Crippen molar-refractivity contribution in [2.24, 2.45) is 0 Å². The van der Waals surface area contributed by atoms with Gasteiger partial charge >= 0.3 is 0 Å². The molecule has 0 aliphatic heterocycles. The molecule has 1 rings (SSSR count). The van der Waals surface area contributed by atoms with Crippen LogP contribution in [0.25, 0.3) is 0 Å². The summed E-state index contributed by atoms with van der Waals surface area (Å²) in [6.07, 6.45) is 2.08. The third-order valence-corrected chi connectivity index (χ3v) is 2.67. The van der Waals surface area contributed by atoms with Gasteiger partial charge < -0.3 is 10.1 Å². The summed E-state index contributed by atoms with van der Waals surface area (Å²) in [5, 5.41) is 3.24. The monoisotopic (exact) mass is 227 g/mol. The van der Waals surface area contributed by atoms with Crippen LogP contribution in [-0.2, 0) is 0 Å². The first-order valence-corrected chi connectivity index (χ1v) is 6.20. The number of anilines is 1. The van der Waals surface area contributed by atoms with Crippen molar-refractivity contribution in [3.05, 3.63) is 11.8 Å². The quantitative estimate of drug-likeness (QED) is 0.833. The molecule has 0 fully saturated rings. The highest BCUT2D eigenvalue weighted by atomic mass is 32.2. The highest BCUT2D eigenvalue weighted by molar-refractivity contribution is 7.98. The van der Waals surface area contributed by atoms with Gasteiger partial charge in [-0.3, -0.25) is 0 Å². The van der Waals surface area contributed by atoms with E-state index in [9.17, 15) is 0 Å². The van der Waals surface area contributed by atoms with Crippen LogP contribution in [0.4, 0.5) is 5.95 Å². The number of nitrogens with zero attached hydrogens (tertiary/aromatic N) is 2. The van der Waals surface area contributed by atoms with E-state index in [1.54, 1.807) is 18.9 Å². The van der Waals surface area contributed by atoms with E-state index in [0.717, 1.165) is 11.4 Å². The summed E-state index contributed by atoms with van der Waals surface area (Å²) in [6, 6.07) is 2.16. The van der Waals surface area contributed by atoms with Gasteiger partial charge in [0.15, 0.2) is 0 Å². The fourth-order valence-corrected chi connectivity index (χ4v) is 1.80. The largest absolute Gasteiger partial charge is 0.481 e. The zero-order valence-corrected chi connectivity index (χ0v) is 10.4. The van der Waals surface area contributed by atoms with Gasteiger partial charge in [0.25, 0.3) is 0 Å². The molecule has 0 aliphatic rings. The molecule has 0 spiro atoms. The van der Waals surface area contributed by atoms with Crippen LogP contribution in [0.3, 0.4) is 0 Å². The molecule has 1 heterocycles. The van der Waals surface area contributed by atoms with Crippen molar-refractivity contribution in [1.82, 2.24) is 9.97 Å². The summed E-state index contributed by atoms with van der Waals surface area (Å²) in [4.78, 5) is 8.51. The Balaban J connectivity index is 2.71. The molecule has 0 amide bonds. The van der Waals surface area contributed by atoms with Crippen LogP contribution in [0.2, 0.25) is 0 Å². The Morgan fingerprint density at radius 3 is 2.87 bits per heavy atom. The first kappa shape index (κ1) is 12.1. The first-order valence-electron chi connectivity index (χ1n) is 4.81. The number of thioether (sulfide) groups is 1. The molecule has 0 aromatic carbocycles. The van der Waals surface area contributed by atoms with Crippen molar-refractivity contribution in [1.29, 1.82) is 0 Å². The van der Waals surface area contributed by atoms with Gasteiger partial charge in [-0.25, -0.2) is 4.98 Å². The molecule has 1 aromatic heterocycles. The van der Waals surface area contributed by atoms with E-state index in [0.29, 0.717) is 17.9 Å². The van der Waals surface area contributed by atoms with Crippen LogP contribution >= 0.6 is 11.8 Å². The highest BCUT2D eigenvalue weighted by Crippen LogP contribution is 2.12. The Morgan fingerprint density at radius 2 is 2.27 bits per heavy atom. The maximum atomic E-state index is 5.08. The molecular weight excluding hydrogens is 210 g/mol. The smallest absolute Gasteiger partial charge is 0.226 e. The molecule has 1 atom stereocenters. The lowest BCUT2D eigenvalue weighted by atomic mass is 10.4. The molecule has 1 N–H and O–H groups in total. The van der Waals surface area contributed by atoms with Crippen molar-refractivity contribution in [3.63, 3.8) is 0 Å². The fourth-order valence-electron chi connectivity index (χ4n) is 1.22. The molecule has 0 saturated heterocycles. The molecule has 4 nitrogen and oxygen atoms in total. The molecule has 0 radical (unpaired) electrons. The number of aromatic nitrogens is 2. The van der Waals surface area contributed by atoms with Gasteiger partial charge in [0.05, 0.1) is 7.11 Å². The van der Waals surface area contributed by atoms with E-state index in [4.69, 9.17) is 4.74 Å². The minimum absolute atomic E-state index is 0.353. The number of hydrogen-bond acceptors (Lipinski definition) is 5. The molecular formula is C10H17N3OS. The molecule has 1 aromatic rings. The van der Waals surface area contributed by atoms with Crippen molar-refractivity contribution in [2.75, 3.05) is 24.4 Å². The second kappa shape index (κ2) is 5.80. The number of rotatable bonds is 5. The van der Waals surface area contributed by atoms with Crippen molar-refractivity contribution < 1.29 is 4.74 Å². The molecule has 1 unspecified atom stereocenters. The normalized spacial score (nSPS) is 12.3. The summed E-state index contributed by atoms with van der Waals surface area (Å²) in [5.41, 5.74) is 0.903. The van der Waals surface area contributed by atoms with E-state index in [-0.39, 0.29) is 0 Å². The second-order valence-electron chi connectivity index (χ2n) is 3.38. The van der Waals surface area contributed by atoms with Crippen LogP contribution < -0.4 is 10.1 Å². The van der Waals surface area contributed by atoms with E-state index in [2.05, 4.69) is 28.5 Å². The van der Waals surface area contributed by atoms with Crippen LogP contribution in [0.5, 0.6) is 5.88 Å². The third kappa shape index (κ3) is 3.95. The van der Waals surface area contributed by atoms with E-state index in [1.807, 2.05) is 13.0 Å². The fraction of sp³-hybridized carbons (Fsp3) is 0.600. The van der Waals surface area contributed by atoms with Gasteiger partial charge in [0.1, 0.15) is 0 Å². The number of ether oxygens (including phenoxy) is 1. The van der Waals surface area contributed by atoms with Crippen LogP contribution in [0, 0.1) is 6.92 Å². The lowest BCUT2D eigenvalue weighted by Crippen LogP contribution is -2.19. The van der Waals surface area contributed by atoms with Gasteiger partial charge in [0, 0.05) is 23.6 Å². The van der Waals surface area contributed by atoms with Crippen molar-refractivity contribution >= 4 is 17.7 Å². The van der Waals surface area contributed by atoms with Crippen LogP contribution in [0.15, 0.2) is 6.07 Å². The maximum absolute atomic E-state index is 5.08. The van der Waals surface area contributed by atoms with Gasteiger partial charge in [0.2, 0.25) is 11.8 Å². The minimum Gasteiger partial charge on any atom is -0.481 e. The first-order chi connectivity index (χ1) is 7.15. The Kier molecular flexibility index (Phi) is 4.68. The average Bonchev–Trinajstić information content (AvgIpc) is 2.17. The zero-order chi connectivity index (χ0) is 11.3. The predicted molar refractivity (Wildman–Crippen MR) is 64.8 cm³/mol. The minimum atomic E-state index is 0.353. The zero-order valence-electron chi connectivity index (χ0n) is 9.57. The lowest BCUT2D eigenvalue weighted by Gasteiger charge is -2.13. The number of methoxy groups -OCH3 is 1. The molecule has 5 heteroatoms. The number of hydrogen-bond donors (Lipinski definition) is 1. The molecule has 15 heavy (non-hydrogen) atoms. The van der Waals surface area contributed by atoms with Gasteiger partial charge in [-0.15, -0.1) is 0 Å². The van der Waals surface area contributed by atoms with E-state index < -0.39 is 0 Å². The Hall–Kier alpha value is -0.970. The summed E-state index contributed by atoms with van der Waals surface area (Å²) >= 11 is 1.79. The maximum Gasteiger partial charge on any atom is 0.226 e. The highest BCUT2D eigenvalue weighted by Gasteiger charge is 2.05. The van der Waals surface area contributed by atoms with Crippen molar-refractivity contribution in [2.45, 2.75) is 19.9 Å². The van der Waals surface area contributed by atoms with Gasteiger partial charge in [-0.1, -0.05) is 0 Å². The molecule has 84 valence electrons. The SMILES string of the molecule is COc1cc(C)nc(NC(C)CSC)n1. The standard InChI is InChI=1S/C10H17N3OS/c1-7-5-9(14-3)13-10(11-7)12-8(2)6-15-4/h5,8H,6H2,1-4H3,(H,11,12,13). The van der Waals surface area contributed by atoms with Crippen molar-refractivity contribution in [3.8, 4) is 5.88 Å². The van der Waals surface area contributed by atoms with Gasteiger partial charge in [-0.05, 0) is 20.1 Å². The molecule has 0 bridgehead atoms. The Labute approximate surface area is 94.8 Å². The average molecular weight is 227 g/mol. The molecule has 0 saturated carbocycles. The van der Waals surface area contributed by atoms with Gasteiger partial charge in [-0.2, -0.15) is 16.7 Å². The Morgan fingerprint density at radius 1 is 1.53 bits per heavy atom. The predicted octanol–water partition coefficient (Wildman–Crippen LogP) is 1.96. The Bertz CT molecular complexity index is 320. The third-order valence-electron chi connectivity index (χ3n) is 1.83. The van der Waals surface area contributed by atoms with Crippen LogP contribution in [-0.4, -0.2) is 35.1 Å². The second-order valence-corrected chi connectivity index (χ2v) is 4.29. The summed E-state index contributed by atoms with van der Waals surface area (Å²) in [7, 11) is 1.61. The number of aryl methyl sites for hydroxylation is 1. The summed E-state index contributed by atoms with van der Waals surface area (Å²) in [5.74, 6) is 2.26.